The van der Waals surface area contributed by atoms with Crippen molar-refractivity contribution in [3.05, 3.63) is 29.8 Å². The third kappa shape index (κ3) is 5.91. The van der Waals surface area contributed by atoms with Crippen LogP contribution in [0.3, 0.4) is 0 Å². The van der Waals surface area contributed by atoms with Crippen LogP contribution in [0.25, 0.3) is 0 Å². The normalized spacial score (nSPS) is 14.8. The van der Waals surface area contributed by atoms with Gasteiger partial charge in [-0.05, 0) is 31.0 Å². The quantitative estimate of drug-likeness (QED) is 0.571. The third-order valence-corrected chi connectivity index (χ3v) is 2.96. The van der Waals surface area contributed by atoms with E-state index < -0.39 is 12.4 Å². The lowest BCUT2D eigenvalue weighted by molar-refractivity contribution is -0.274. The van der Waals surface area contributed by atoms with Crippen LogP contribution in [-0.4, -0.2) is 19.1 Å². The Labute approximate surface area is 122 Å². The van der Waals surface area contributed by atoms with Crippen LogP contribution in [0.4, 0.5) is 13.2 Å². The first kappa shape index (κ1) is 17.7. The van der Waals surface area contributed by atoms with Gasteiger partial charge in [-0.1, -0.05) is 25.5 Å². The highest BCUT2D eigenvalue weighted by molar-refractivity contribution is 5.31. The van der Waals surface area contributed by atoms with E-state index in [1.807, 2.05) is 13.8 Å². The maximum atomic E-state index is 12.3. The molecule has 0 heterocycles. The second-order valence-electron chi connectivity index (χ2n) is 4.55. The number of hydrazine groups is 1. The summed E-state index contributed by atoms with van der Waals surface area (Å²) in [7, 11) is 0. The molecule has 0 aliphatic carbocycles. The molecule has 7 heteroatoms. The first-order valence-corrected chi connectivity index (χ1v) is 6.84. The summed E-state index contributed by atoms with van der Waals surface area (Å²) in [5.74, 6) is 5.28. The number of hydrogen-bond acceptors (Lipinski definition) is 4. The predicted octanol–water partition coefficient (Wildman–Crippen LogP) is 3.29. The maximum absolute atomic E-state index is 12.3. The van der Waals surface area contributed by atoms with E-state index in [9.17, 15) is 13.2 Å². The average Bonchev–Trinajstić information content (AvgIpc) is 2.38. The van der Waals surface area contributed by atoms with Gasteiger partial charge >= 0.3 is 6.36 Å². The molecule has 0 bridgehead atoms. The third-order valence-electron chi connectivity index (χ3n) is 2.96. The Hall–Kier alpha value is -1.31. The molecule has 0 aromatic heterocycles. The minimum atomic E-state index is -4.72. The highest BCUT2D eigenvalue weighted by Gasteiger charge is 2.31. The van der Waals surface area contributed by atoms with Crippen LogP contribution in [0.5, 0.6) is 5.75 Å². The Kier molecular flexibility index (Phi) is 6.94. The molecule has 1 aromatic rings. The topological polar surface area (TPSA) is 56.5 Å². The molecule has 120 valence electrons. The monoisotopic (exact) mass is 306 g/mol. The van der Waals surface area contributed by atoms with E-state index >= 15 is 0 Å². The fourth-order valence-electron chi connectivity index (χ4n) is 2.17. The van der Waals surface area contributed by atoms with Crippen molar-refractivity contribution < 1.29 is 22.6 Å². The zero-order valence-electron chi connectivity index (χ0n) is 12.1. The molecule has 4 nitrogen and oxygen atoms in total. The minimum absolute atomic E-state index is 0.217. The van der Waals surface area contributed by atoms with Gasteiger partial charge in [-0.2, -0.15) is 0 Å². The van der Waals surface area contributed by atoms with Crippen molar-refractivity contribution in [2.45, 2.75) is 45.2 Å². The Morgan fingerprint density at radius 1 is 1.29 bits per heavy atom. The molecule has 0 aliphatic rings. The molecule has 0 fully saturated rings. The molecule has 0 radical (unpaired) electrons. The van der Waals surface area contributed by atoms with Crippen molar-refractivity contribution in [2.75, 3.05) is 6.61 Å². The molecule has 3 N–H and O–H groups in total. The van der Waals surface area contributed by atoms with Crippen LogP contribution in [0.15, 0.2) is 24.3 Å². The van der Waals surface area contributed by atoms with E-state index in [0.717, 1.165) is 12.8 Å². The van der Waals surface area contributed by atoms with Crippen molar-refractivity contribution in [3.63, 3.8) is 0 Å². The molecule has 21 heavy (non-hydrogen) atoms. The first-order chi connectivity index (χ1) is 9.91. The van der Waals surface area contributed by atoms with Crippen molar-refractivity contribution in [3.8, 4) is 5.75 Å². The van der Waals surface area contributed by atoms with Crippen LogP contribution in [0.2, 0.25) is 0 Å². The number of rotatable bonds is 8. The molecular weight excluding hydrogens is 285 g/mol. The minimum Gasteiger partial charge on any atom is -0.406 e. The lowest BCUT2D eigenvalue weighted by atomic mass is 9.98. The molecule has 0 saturated carbocycles. The second-order valence-corrected chi connectivity index (χ2v) is 4.55. The van der Waals surface area contributed by atoms with Gasteiger partial charge in [0.15, 0.2) is 0 Å². The Bertz CT molecular complexity index is 421. The number of nitrogens with one attached hydrogen (secondary N) is 1. The van der Waals surface area contributed by atoms with Crippen molar-refractivity contribution in [2.24, 2.45) is 5.84 Å². The summed E-state index contributed by atoms with van der Waals surface area (Å²) in [5.41, 5.74) is 3.21. The summed E-state index contributed by atoms with van der Waals surface area (Å²) in [5, 5.41) is 0. The molecular formula is C14H21F3N2O2. The van der Waals surface area contributed by atoms with Gasteiger partial charge in [-0.25, -0.2) is 0 Å². The van der Waals surface area contributed by atoms with Gasteiger partial charge in [-0.3, -0.25) is 11.3 Å². The second kappa shape index (κ2) is 8.21. The van der Waals surface area contributed by atoms with E-state index in [4.69, 9.17) is 10.6 Å². The molecule has 0 amide bonds. The predicted molar refractivity (Wildman–Crippen MR) is 73.5 cm³/mol. The molecule has 0 aliphatic heterocycles. The molecule has 2 atom stereocenters. The molecule has 0 saturated heterocycles. The number of benzene rings is 1. The molecule has 2 unspecified atom stereocenters. The Balaban J connectivity index is 2.96. The molecule has 1 rings (SSSR count). The summed E-state index contributed by atoms with van der Waals surface area (Å²) < 4.78 is 46.4. The highest BCUT2D eigenvalue weighted by Crippen LogP contribution is 2.28. The first-order valence-electron chi connectivity index (χ1n) is 6.84. The van der Waals surface area contributed by atoms with Gasteiger partial charge in [-0.15, -0.1) is 13.2 Å². The lowest BCUT2D eigenvalue weighted by Gasteiger charge is -2.27. The van der Waals surface area contributed by atoms with Crippen LogP contribution in [0.1, 0.15) is 38.3 Å². The van der Waals surface area contributed by atoms with Gasteiger partial charge < -0.3 is 9.47 Å². The Morgan fingerprint density at radius 2 is 2.00 bits per heavy atom. The zero-order chi connectivity index (χ0) is 15.9. The van der Waals surface area contributed by atoms with E-state index in [0.29, 0.717) is 12.2 Å². The standard InChI is InChI=1S/C14H21F3N2O2/c1-3-6-12(20-4-2)13(19-18)10-7-5-8-11(9-10)21-14(15,16)17/h5,7-9,12-13,19H,3-4,6,18H2,1-2H3. The van der Waals surface area contributed by atoms with Gasteiger partial charge in [0.05, 0.1) is 12.1 Å². The summed E-state index contributed by atoms with van der Waals surface area (Å²) in [6.07, 6.45) is -3.31. The fraction of sp³-hybridized carbons (Fsp3) is 0.571. The van der Waals surface area contributed by atoms with Crippen LogP contribution < -0.4 is 16.0 Å². The molecule has 1 aromatic carbocycles. The van der Waals surface area contributed by atoms with Crippen LogP contribution in [0, 0.1) is 0 Å². The van der Waals surface area contributed by atoms with E-state index in [1.165, 1.54) is 18.2 Å². The van der Waals surface area contributed by atoms with Crippen LogP contribution in [-0.2, 0) is 4.74 Å². The number of ether oxygens (including phenoxy) is 2. The van der Waals surface area contributed by atoms with Gasteiger partial charge in [0.2, 0.25) is 0 Å². The smallest absolute Gasteiger partial charge is 0.406 e. The number of halogens is 3. The summed E-state index contributed by atoms with van der Waals surface area (Å²) in [6.45, 7) is 4.36. The molecule has 0 spiro atoms. The van der Waals surface area contributed by atoms with Gasteiger partial charge in [0.25, 0.3) is 0 Å². The van der Waals surface area contributed by atoms with Crippen molar-refractivity contribution >= 4 is 0 Å². The van der Waals surface area contributed by atoms with E-state index in [2.05, 4.69) is 10.2 Å². The van der Waals surface area contributed by atoms with Crippen LogP contribution >= 0.6 is 0 Å². The van der Waals surface area contributed by atoms with E-state index in [1.54, 1.807) is 6.07 Å². The number of hydrogen-bond donors (Lipinski definition) is 2. The van der Waals surface area contributed by atoms with E-state index in [-0.39, 0.29) is 11.9 Å². The van der Waals surface area contributed by atoms with Crippen molar-refractivity contribution in [1.82, 2.24) is 5.43 Å². The Morgan fingerprint density at radius 3 is 2.52 bits per heavy atom. The average molecular weight is 306 g/mol. The largest absolute Gasteiger partial charge is 0.573 e. The summed E-state index contributed by atoms with van der Waals surface area (Å²) in [4.78, 5) is 0. The maximum Gasteiger partial charge on any atom is 0.573 e. The van der Waals surface area contributed by atoms with Gasteiger partial charge in [0.1, 0.15) is 5.75 Å². The van der Waals surface area contributed by atoms with Gasteiger partial charge in [0, 0.05) is 6.61 Å². The summed E-state index contributed by atoms with van der Waals surface area (Å²) in [6, 6.07) is 5.35. The SMILES string of the molecule is CCCC(OCC)C(NN)c1cccc(OC(F)(F)F)c1. The highest BCUT2D eigenvalue weighted by atomic mass is 19.4. The lowest BCUT2D eigenvalue weighted by Crippen LogP contribution is -2.38. The van der Waals surface area contributed by atoms with Crippen molar-refractivity contribution in [1.29, 1.82) is 0 Å². The summed E-state index contributed by atoms with van der Waals surface area (Å²) >= 11 is 0. The number of nitrogens with two attached hydrogens (primary N) is 1. The number of alkyl halides is 3. The fourth-order valence-corrected chi connectivity index (χ4v) is 2.17. The zero-order valence-corrected chi connectivity index (χ0v) is 12.1.